The molecule has 0 unspecified atom stereocenters. The van der Waals surface area contributed by atoms with Crippen molar-refractivity contribution in [3.63, 3.8) is 0 Å². The molecule has 0 saturated heterocycles. The summed E-state index contributed by atoms with van der Waals surface area (Å²) in [6.45, 7) is 2.01. The van der Waals surface area contributed by atoms with Gasteiger partial charge < -0.3 is 10.4 Å². The van der Waals surface area contributed by atoms with E-state index < -0.39 is 0 Å². The Morgan fingerprint density at radius 2 is 1.87 bits per heavy atom. The topological polar surface area (TPSA) is 73.7 Å². The van der Waals surface area contributed by atoms with Crippen molar-refractivity contribution in [3.05, 3.63) is 59.1 Å². The monoisotopic (exact) mass is 331 g/mol. The quantitative estimate of drug-likeness (QED) is 0.561. The maximum atomic E-state index is 11.9. The lowest BCUT2D eigenvalue weighted by molar-refractivity contribution is -0.119. The number of hydrogen-bond acceptors (Lipinski definition) is 4. The highest BCUT2D eigenvalue weighted by atomic mass is 35.5. The third kappa shape index (κ3) is 5.00. The zero-order valence-electron chi connectivity index (χ0n) is 12.7. The Morgan fingerprint density at radius 3 is 2.52 bits per heavy atom. The van der Waals surface area contributed by atoms with Crippen LogP contribution in [0.1, 0.15) is 18.9 Å². The van der Waals surface area contributed by atoms with Gasteiger partial charge in [-0.25, -0.2) is 5.43 Å². The van der Waals surface area contributed by atoms with Crippen molar-refractivity contribution < 1.29 is 9.90 Å². The summed E-state index contributed by atoms with van der Waals surface area (Å²) in [6, 6.07) is 13.9. The molecule has 5 nitrogen and oxygen atoms in total. The third-order valence-electron chi connectivity index (χ3n) is 3.16. The number of phenolic OH excluding ortho intramolecular Hbond substituents is 1. The van der Waals surface area contributed by atoms with Gasteiger partial charge in [-0.05, 0) is 48.4 Å². The molecule has 0 bridgehead atoms. The normalized spacial score (nSPS) is 11.1. The van der Waals surface area contributed by atoms with E-state index in [9.17, 15) is 9.90 Å². The van der Waals surface area contributed by atoms with Gasteiger partial charge in [0.25, 0.3) is 5.91 Å². The van der Waals surface area contributed by atoms with Crippen LogP contribution in [0.15, 0.2) is 53.6 Å². The predicted molar refractivity (Wildman–Crippen MR) is 93.0 cm³/mol. The van der Waals surface area contributed by atoms with Gasteiger partial charge in [0, 0.05) is 0 Å². The highest BCUT2D eigenvalue weighted by molar-refractivity contribution is 6.33. The molecule has 120 valence electrons. The molecule has 3 N–H and O–H groups in total. The summed E-state index contributed by atoms with van der Waals surface area (Å²) in [4.78, 5) is 11.9. The number of aromatic hydroxyl groups is 1. The Balaban J connectivity index is 1.93. The van der Waals surface area contributed by atoms with Crippen LogP contribution < -0.4 is 10.7 Å². The zero-order valence-corrected chi connectivity index (χ0v) is 13.5. The van der Waals surface area contributed by atoms with Gasteiger partial charge in [-0.2, -0.15) is 5.10 Å². The Kier molecular flexibility index (Phi) is 6.00. The first-order chi connectivity index (χ1) is 11.1. The van der Waals surface area contributed by atoms with E-state index in [4.69, 9.17) is 11.6 Å². The summed E-state index contributed by atoms with van der Waals surface area (Å²) >= 11 is 6.01. The van der Waals surface area contributed by atoms with Crippen molar-refractivity contribution in [2.45, 2.75) is 13.3 Å². The average molecular weight is 332 g/mol. The molecule has 0 aliphatic rings. The van der Waals surface area contributed by atoms with Gasteiger partial charge >= 0.3 is 0 Å². The molecule has 0 spiro atoms. The molecule has 0 saturated carbocycles. The Bertz CT molecular complexity index is 699. The molecule has 0 aliphatic heterocycles. The maximum absolute atomic E-state index is 11.9. The summed E-state index contributed by atoms with van der Waals surface area (Å²) in [5.74, 6) is -0.0770. The number of carbonyl (C=O) groups is 1. The van der Waals surface area contributed by atoms with Crippen LogP contribution in [0.2, 0.25) is 5.02 Å². The van der Waals surface area contributed by atoms with Gasteiger partial charge in [0.2, 0.25) is 0 Å². The van der Waals surface area contributed by atoms with Gasteiger partial charge in [0.1, 0.15) is 5.75 Å². The number of carbonyl (C=O) groups excluding carboxylic acids is 1. The van der Waals surface area contributed by atoms with Crippen molar-refractivity contribution >= 4 is 28.9 Å². The van der Waals surface area contributed by atoms with Crippen LogP contribution in [0.25, 0.3) is 0 Å². The number of amides is 1. The number of anilines is 1. The van der Waals surface area contributed by atoms with E-state index in [1.807, 2.05) is 19.1 Å². The van der Waals surface area contributed by atoms with E-state index in [-0.39, 0.29) is 18.2 Å². The van der Waals surface area contributed by atoms with Crippen LogP contribution in [-0.2, 0) is 4.79 Å². The second-order valence-corrected chi connectivity index (χ2v) is 5.23. The van der Waals surface area contributed by atoms with Gasteiger partial charge in [-0.3, -0.25) is 4.79 Å². The number of benzene rings is 2. The molecule has 0 fully saturated rings. The van der Waals surface area contributed by atoms with E-state index in [2.05, 4.69) is 15.8 Å². The Morgan fingerprint density at radius 1 is 1.17 bits per heavy atom. The Hall–Kier alpha value is -2.53. The van der Waals surface area contributed by atoms with Crippen LogP contribution in [0.4, 0.5) is 5.69 Å². The molecule has 0 aromatic heterocycles. The molecule has 1 amide bonds. The van der Waals surface area contributed by atoms with Crippen molar-refractivity contribution in [1.82, 2.24) is 5.43 Å². The second-order valence-electron chi connectivity index (χ2n) is 4.83. The second kappa shape index (κ2) is 8.19. The fourth-order valence-corrected chi connectivity index (χ4v) is 2.15. The Labute approximate surface area is 140 Å². The predicted octanol–water partition coefficient (Wildman–Crippen LogP) is 3.39. The lowest BCUT2D eigenvalue weighted by Gasteiger charge is -2.08. The van der Waals surface area contributed by atoms with Gasteiger partial charge in [0.15, 0.2) is 0 Å². The summed E-state index contributed by atoms with van der Waals surface area (Å²) in [7, 11) is 0. The number of phenols is 1. The van der Waals surface area contributed by atoms with Gasteiger partial charge in [-0.15, -0.1) is 0 Å². The molecular formula is C17H18ClN3O2. The van der Waals surface area contributed by atoms with Crippen molar-refractivity contribution in [2.75, 3.05) is 11.9 Å². The number of hydrazone groups is 1. The summed E-state index contributed by atoms with van der Waals surface area (Å²) in [6.07, 6.45) is 0.656. The highest BCUT2D eigenvalue weighted by Crippen LogP contribution is 2.19. The molecule has 23 heavy (non-hydrogen) atoms. The fraction of sp³-hybridized carbons (Fsp3) is 0.176. The van der Waals surface area contributed by atoms with E-state index >= 15 is 0 Å². The van der Waals surface area contributed by atoms with Crippen LogP contribution in [0.5, 0.6) is 5.75 Å². The SMILES string of the molecule is CCC(=NNC(=O)CNc1ccccc1Cl)c1ccc(O)cc1. The molecule has 0 atom stereocenters. The zero-order chi connectivity index (χ0) is 16.7. The molecule has 2 rings (SSSR count). The van der Waals surface area contributed by atoms with E-state index in [0.29, 0.717) is 17.1 Å². The van der Waals surface area contributed by atoms with Crippen molar-refractivity contribution in [3.8, 4) is 5.75 Å². The standard InChI is InChI=1S/C17H18ClN3O2/c1-2-15(12-7-9-13(22)10-8-12)20-21-17(23)11-19-16-6-4-3-5-14(16)18/h3-10,19,22H,2,11H2,1H3,(H,21,23). The largest absolute Gasteiger partial charge is 0.508 e. The molecule has 0 heterocycles. The van der Waals surface area contributed by atoms with Crippen LogP contribution in [0, 0.1) is 0 Å². The van der Waals surface area contributed by atoms with Gasteiger partial charge in [-0.1, -0.05) is 30.7 Å². The lowest BCUT2D eigenvalue weighted by atomic mass is 10.1. The fourth-order valence-electron chi connectivity index (χ4n) is 1.95. The van der Waals surface area contributed by atoms with Gasteiger partial charge in [0.05, 0.1) is 23.0 Å². The maximum Gasteiger partial charge on any atom is 0.259 e. The molecule has 0 radical (unpaired) electrons. The summed E-state index contributed by atoms with van der Waals surface area (Å²) < 4.78 is 0. The number of para-hydroxylation sites is 1. The van der Waals surface area contributed by atoms with E-state index in [1.165, 1.54) is 0 Å². The van der Waals surface area contributed by atoms with Crippen LogP contribution in [-0.4, -0.2) is 23.3 Å². The minimum atomic E-state index is -0.269. The highest BCUT2D eigenvalue weighted by Gasteiger charge is 2.05. The molecular weight excluding hydrogens is 314 g/mol. The minimum Gasteiger partial charge on any atom is -0.508 e. The number of nitrogens with one attached hydrogen (secondary N) is 2. The molecule has 0 aliphatic carbocycles. The number of nitrogens with zero attached hydrogens (tertiary/aromatic N) is 1. The molecule has 2 aromatic carbocycles. The first kappa shape index (κ1) is 16.8. The first-order valence-electron chi connectivity index (χ1n) is 7.23. The molecule has 6 heteroatoms. The van der Waals surface area contributed by atoms with Crippen LogP contribution >= 0.6 is 11.6 Å². The minimum absolute atomic E-state index is 0.0693. The third-order valence-corrected chi connectivity index (χ3v) is 3.49. The first-order valence-corrected chi connectivity index (χ1v) is 7.61. The van der Waals surface area contributed by atoms with Crippen LogP contribution in [0.3, 0.4) is 0 Å². The summed E-state index contributed by atoms with van der Waals surface area (Å²) in [5.41, 5.74) is 4.80. The lowest BCUT2D eigenvalue weighted by Crippen LogP contribution is -2.27. The summed E-state index contributed by atoms with van der Waals surface area (Å²) in [5, 5.41) is 17.0. The van der Waals surface area contributed by atoms with E-state index in [0.717, 1.165) is 11.3 Å². The average Bonchev–Trinajstić information content (AvgIpc) is 2.56. The van der Waals surface area contributed by atoms with Crippen molar-refractivity contribution in [2.24, 2.45) is 5.10 Å². The smallest absolute Gasteiger partial charge is 0.259 e. The molecule has 2 aromatic rings. The number of rotatable bonds is 6. The van der Waals surface area contributed by atoms with Crippen molar-refractivity contribution in [1.29, 1.82) is 0 Å². The van der Waals surface area contributed by atoms with E-state index in [1.54, 1.807) is 36.4 Å². The number of hydrogen-bond donors (Lipinski definition) is 3. The number of halogens is 1.